The minimum atomic E-state index is -0.378. The van der Waals surface area contributed by atoms with Gasteiger partial charge in [-0.3, -0.25) is 0 Å². The third-order valence-electron chi connectivity index (χ3n) is 3.17. The molecule has 0 bridgehead atoms. The molecule has 0 saturated carbocycles. The molecule has 0 fully saturated rings. The summed E-state index contributed by atoms with van der Waals surface area (Å²) in [5.74, 6) is 1.09. The van der Waals surface area contributed by atoms with Crippen LogP contribution in [0.5, 0.6) is 5.75 Å². The number of nitrogens with zero attached hydrogens (tertiary/aromatic N) is 2. The molecule has 5 heteroatoms. The van der Waals surface area contributed by atoms with Crippen molar-refractivity contribution >= 4 is 17.2 Å². The van der Waals surface area contributed by atoms with Gasteiger partial charge in [0.15, 0.2) is 11.6 Å². The van der Waals surface area contributed by atoms with Gasteiger partial charge in [-0.2, -0.15) is 0 Å². The predicted molar refractivity (Wildman–Crippen MR) is 76.8 cm³/mol. The summed E-state index contributed by atoms with van der Waals surface area (Å²) in [5, 5.41) is 0. The fourth-order valence-electron chi connectivity index (χ4n) is 2.35. The van der Waals surface area contributed by atoms with Crippen LogP contribution in [0.25, 0.3) is 0 Å². The summed E-state index contributed by atoms with van der Waals surface area (Å²) < 4.78 is 19.0. The Hall–Kier alpha value is -2.30. The first-order chi connectivity index (χ1) is 9.44. The van der Waals surface area contributed by atoms with Crippen molar-refractivity contribution in [2.24, 2.45) is 0 Å². The highest BCUT2D eigenvalue weighted by Gasteiger charge is 2.33. The van der Waals surface area contributed by atoms with Crippen LogP contribution in [-0.4, -0.2) is 17.1 Å². The van der Waals surface area contributed by atoms with Crippen molar-refractivity contribution in [1.29, 1.82) is 0 Å². The number of benzene rings is 1. The Bertz CT molecular complexity index is 640. The van der Waals surface area contributed by atoms with Crippen LogP contribution in [0, 0.1) is 5.82 Å². The van der Waals surface area contributed by atoms with Crippen molar-refractivity contribution in [2.45, 2.75) is 19.4 Å². The zero-order chi connectivity index (χ0) is 14.3. The highest BCUT2D eigenvalue weighted by Crippen LogP contribution is 2.40. The molecular formula is C15H16FN3O. The standard InChI is InChI=1S/C15H16FN3O/c1-15(2)9-19(12-5-3-10(16)4-6-12)14-13(20-15)7-11(17)8-18-14/h3-8H,9,17H2,1-2H3. The molecule has 0 atom stereocenters. The third-order valence-corrected chi connectivity index (χ3v) is 3.17. The second-order valence-corrected chi connectivity index (χ2v) is 5.51. The number of ether oxygens (including phenoxy) is 1. The first-order valence-corrected chi connectivity index (χ1v) is 6.42. The number of hydrogen-bond acceptors (Lipinski definition) is 4. The fraction of sp³-hybridized carbons (Fsp3) is 0.267. The third kappa shape index (κ3) is 2.27. The number of fused-ring (bicyclic) bond motifs is 1. The van der Waals surface area contributed by atoms with Crippen molar-refractivity contribution < 1.29 is 9.13 Å². The molecule has 0 saturated heterocycles. The van der Waals surface area contributed by atoms with Gasteiger partial charge in [0.25, 0.3) is 0 Å². The van der Waals surface area contributed by atoms with E-state index in [9.17, 15) is 4.39 Å². The van der Waals surface area contributed by atoms with Gasteiger partial charge in [-0.1, -0.05) is 0 Å². The van der Waals surface area contributed by atoms with E-state index < -0.39 is 0 Å². The number of hydrogen-bond donors (Lipinski definition) is 1. The summed E-state index contributed by atoms with van der Waals surface area (Å²) in [4.78, 5) is 6.36. The Morgan fingerprint density at radius 3 is 2.70 bits per heavy atom. The van der Waals surface area contributed by atoms with E-state index in [0.717, 1.165) is 5.69 Å². The maximum absolute atomic E-state index is 13.1. The number of nitrogens with two attached hydrogens (primary N) is 1. The second kappa shape index (κ2) is 4.37. The van der Waals surface area contributed by atoms with E-state index in [0.29, 0.717) is 23.8 Å². The number of pyridine rings is 1. The normalized spacial score (nSPS) is 16.4. The summed E-state index contributed by atoms with van der Waals surface area (Å²) in [6.07, 6.45) is 1.59. The molecule has 0 radical (unpaired) electrons. The summed E-state index contributed by atoms with van der Waals surface area (Å²) in [5.41, 5.74) is 6.82. The minimum Gasteiger partial charge on any atom is -0.482 e. The van der Waals surface area contributed by atoms with E-state index in [4.69, 9.17) is 10.5 Å². The van der Waals surface area contributed by atoms with E-state index in [1.807, 2.05) is 18.7 Å². The Morgan fingerprint density at radius 2 is 2.00 bits per heavy atom. The fourth-order valence-corrected chi connectivity index (χ4v) is 2.35. The van der Waals surface area contributed by atoms with Crippen molar-refractivity contribution in [3.63, 3.8) is 0 Å². The van der Waals surface area contributed by atoms with Crippen LogP contribution in [0.1, 0.15) is 13.8 Å². The summed E-state index contributed by atoms with van der Waals surface area (Å²) in [7, 11) is 0. The predicted octanol–water partition coefficient (Wildman–Crippen LogP) is 3.11. The lowest BCUT2D eigenvalue weighted by Gasteiger charge is -2.40. The molecule has 1 aromatic heterocycles. The first kappa shape index (κ1) is 12.7. The van der Waals surface area contributed by atoms with E-state index in [1.165, 1.54) is 12.1 Å². The van der Waals surface area contributed by atoms with Crippen LogP contribution < -0.4 is 15.4 Å². The molecule has 0 spiro atoms. The van der Waals surface area contributed by atoms with Crippen molar-refractivity contribution in [3.8, 4) is 5.75 Å². The summed E-state index contributed by atoms with van der Waals surface area (Å²) in [6.45, 7) is 4.62. The number of nitrogen functional groups attached to an aromatic ring is 1. The monoisotopic (exact) mass is 273 g/mol. The molecule has 2 N–H and O–H groups in total. The summed E-state index contributed by atoms with van der Waals surface area (Å²) >= 11 is 0. The average molecular weight is 273 g/mol. The molecular weight excluding hydrogens is 257 g/mol. The van der Waals surface area contributed by atoms with E-state index >= 15 is 0 Å². The molecule has 0 aliphatic carbocycles. The van der Waals surface area contributed by atoms with Gasteiger partial charge in [0.1, 0.15) is 11.4 Å². The quantitative estimate of drug-likeness (QED) is 0.867. The topological polar surface area (TPSA) is 51.4 Å². The number of halogens is 1. The van der Waals surface area contributed by atoms with Gasteiger partial charge in [-0.25, -0.2) is 9.37 Å². The lowest BCUT2D eigenvalue weighted by atomic mass is 10.1. The second-order valence-electron chi connectivity index (χ2n) is 5.51. The van der Waals surface area contributed by atoms with E-state index in [1.54, 1.807) is 24.4 Å². The maximum Gasteiger partial charge on any atom is 0.176 e. The van der Waals surface area contributed by atoms with Crippen LogP contribution in [0.15, 0.2) is 36.5 Å². The molecule has 2 aromatic rings. The molecule has 1 aliphatic heterocycles. The van der Waals surface area contributed by atoms with E-state index in [2.05, 4.69) is 4.98 Å². The minimum absolute atomic E-state index is 0.258. The number of rotatable bonds is 1. The van der Waals surface area contributed by atoms with Gasteiger partial charge in [0, 0.05) is 11.8 Å². The van der Waals surface area contributed by atoms with Crippen LogP contribution in [-0.2, 0) is 0 Å². The highest BCUT2D eigenvalue weighted by atomic mass is 19.1. The van der Waals surface area contributed by atoms with Gasteiger partial charge in [0.2, 0.25) is 0 Å². The maximum atomic E-state index is 13.1. The molecule has 20 heavy (non-hydrogen) atoms. The SMILES string of the molecule is CC1(C)CN(c2ccc(F)cc2)c2ncc(N)cc2O1. The highest BCUT2D eigenvalue weighted by molar-refractivity contribution is 5.69. The zero-order valence-electron chi connectivity index (χ0n) is 11.4. The van der Waals surface area contributed by atoms with Crippen molar-refractivity contribution in [2.75, 3.05) is 17.2 Å². The van der Waals surface area contributed by atoms with Crippen LogP contribution >= 0.6 is 0 Å². The van der Waals surface area contributed by atoms with Crippen LogP contribution in [0.4, 0.5) is 21.6 Å². The molecule has 104 valence electrons. The molecule has 4 nitrogen and oxygen atoms in total. The van der Waals surface area contributed by atoms with Crippen molar-refractivity contribution in [1.82, 2.24) is 4.98 Å². The molecule has 0 amide bonds. The lowest BCUT2D eigenvalue weighted by Crippen LogP contribution is -2.45. The molecule has 1 aromatic carbocycles. The first-order valence-electron chi connectivity index (χ1n) is 6.42. The Kier molecular flexibility index (Phi) is 2.78. The summed E-state index contributed by atoms with van der Waals surface area (Å²) in [6, 6.07) is 8.11. The van der Waals surface area contributed by atoms with E-state index in [-0.39, 0.29) is 11.4 Å². The average Bonchev–Trinajstić information content (AvgIpc) is 2.37. The van der Waals surface area contributed by atoms with Crippen molar-refractivity contribution in [3.05, 3.63) is 42.3 Å². The zero-order valence-corrected chi connectivity index (χ0v) is 11.4. The Balaban J connectivity index is 2.09. The smallest absolute Gasteiger partial charge is 0.176 e. The molecule has 2 heterocycles. The number of aromatic nitrogens is 1. The Morgan fingerprint density at radius 1 is 1.30 bits per heavy atom. The van der Waals surface area contributed by atoms with Crippen LogP contribution in [0.2, 0.25) is 0 Å². The molecule has 1 aliphatic rings. The lowest BCUT2D eigenvalue weighted by molar-refractivity contribution is 0.108. The van der Waals surface area contributed by atoms with Gasteiger partial charge >= 0.3 is 0 Å². The van der Waals surface area contributed by atoms with Crippen LogP contribution in [0.3, 0.4) is 0 Å². The molecule has 0 unspecified atom stereocenters. The van der Waals surface area contributed by atoms with Gasteiger partial charge in [0.05, 0.1) is 18.4 Å². The van der Waals surface area contributed by atoms with Gasteiger partial charge < -0.3 is 15.4 Å². The number of anilines is 3. The largest absolute Gasteiger partial charge is 0.482 e. The van der Waals surface area contributed by atoms with Gasteiger partial charge in [-0.05, 0) is 38.1 Å². The van der Waals surface area contributed by atoms with Gasteiger partial charge in [-0.15, -0.1) is 0 Å². The molecule has 3 rings (SSSR count). The Labute approximate surface area is 117 Å².